The first-order valence-corrected chi connectivity index (χ1v) is 5.58. The minimum Gasteiger partial charge on any atom is -0.325 e. The molecule has 1 aromatic heterocycles. The summed E-state index contributed by atoms with van der Waals surface area (Å²) in [5.74, 6) is -3.02. The van der Waals surface area contributed by atoms with Crippen molar-refractivity contribution in [2.75, 3.05) is 5.32 Å². The lowest BCUT2D eigenvalue weighted by Gasteiger charge is -2.04. The Morgan fingerprint density at radius 2 is 1.75 bits per heavy atom. The van der Waals surface area contributed by atoms with Crippen LogP contribution >= 0.6 is 27.3 Å². The van der Waals surface area contributed by atoms with E-state index in [0.29, 0.717) is 16.0 Å². The van der Waals surface area contributed by atoms with Crippen molar-refractivity contribution in [2.45, 2.75) is 0 Å². The molecule has 0 unspecified atom stereocenters. The Morgan fingerprint density at radius 1 is 1.12 bits per heavy atom. The minimum atomic E-state index is -1.02. The van der Waals surface area contributed by atoms with Gasteiger partial charge >= 0.3 is 0 Å². The quantitative estimate of drug-likeness (QED) is 0.923. The topological polar surface area (TPSA) is 37.8 Å². The first kappa shape index (κ1) is 11.3. The van der Waals surface area contributed by atoms with Crippen LogP contribution < -0.4 is 5.32 Å². The zero-order valence-electron chi connectivity index (χ0n) is 7.47. The summed E-state index contributed by atoms with van der Waals surface area (Å²) < 4.78 is 39.5. The number of aromatic nitrogens is 2. The Bertz CT molecular complexity index is 508. The van der Waals surface area contributed by atoms with E-state index in [1.807, 2.05) is 0 Å². The minimum absolute atomic E-state index is 0.205. The van der Waals surface area contributed by atoms with Gasteiger partial charge < -0.3 is 5.32 Å². The molecule has 0 radical (unpaired) electrons. The maximum absolute atomic E-state index is 13.2. The van der Waals surface area contributed by atoms with Gasteiger partial charge in [0.05, 0.1) is 0 Å². The highest BCUT2D eigenvalue weighted by Crippen LogP contribution is 2.27. The standard InChI is InChI=1S/C8H3BrF3N3S/c9-7-14-15-8(16-7)13-6-4(11)1-3(10)2-5(6)12/h1-2H,(H,13,15). The number of benzene rings is 1. The van der Waals surface area contributed by atoms with E-state index >= 15 is 0 Å². The summed E-state index contributed by atoms with van der Waals surface area (Å²) in [6, 6.07) is 1.17. The molecule has 0 fully saturated rings. The molecule has 0 aliphatic heterocycles. The fourth-order valence-corrected chi connectivity index (χ4v) is 2.04. The van der Waals surface area contributed by atoms with Crippen LogP contribution in [0.3, 0.4) is 0 Å². The molecule has 0 bridgehead atoms. The number of hydrogen-bond donors (Lipinski definition) is 1. The number of anilines is 2. The van der Waals surface area contributed by atoms with Gasteiger partial charge in [-0.3, -0.25) is 0 Å². The van der Waals surface area contributed by atoms with E-state index in [-0.39, 0.29) is 5.13 Å². The van der Waals surface area contributed by atoms with Crippen LogP contribution in [-0.4, -0.2) is 10.2 Å². The number of hydrogen-bond acceptors (Lipinski definition) is 4. The number of halogens is 4. The van der Waals surface area contributed by atoms with Crippen LogP contribution in [0.4, 0.5) is 24.0 Å². The first-order chi connectivity index (χ1) is 7.56. The normalized spacial score (nSPS) is 10.5. The fraction of sp³-hybridized carbons (Fsp3) is 0. The summed E-state index contributed by atoms with van der Waals surface area (Å²) in [6.45, 7) is 0. The zero-order chi connectivity index (χ0) is 11.7. The van der Waals surface area contributed by atoms with Gasteiger partial charge in [0.2, 0.25) is 5.13 Å². The van der Waals surface area contributed by atoms with E-state index in [4.69, 9.17) is 0 Å². The summed E-state index contributed by atoms with van der Waals surface area (Å²) in [6.07, 6.45) is 0. The Balaban J connectivity index is 2.34. The predicted octanol–water partition coefficient (Wildman–Crippen LogP) is 3.46. The van der Waals surface area contributed by atoms with E-state index in [1.165, 1.54) is 0 Å². The van der Waals surface area contributed by atoms with Crippen molar-refractivity contribution < 1.29 is 13.2 Å². The maximum Gasteiger partial charge on any atom is 0.211 e. The maximum atomic E-state index is 13.2. The van der Waals surface area contributed by atoms with Gasteiger partial charge in [0.1, 0.15) is 11.5 Å². The molecule has 1 N–H and O–H groups in total. The number of nitrogens with one attached hydrogen (secondary N) is 1. The summed E-state index contributed by atoms with van der Waals surface area (Å²) in [4.78, 5) is 0. The molecule has 0 saturated heterocycles. The Morgan fingerprint density at radius 3 is 2.25 bits per heavy atom. The molecule has 1 heterocycles. The van der Waals surface area contributed by atoms with Gasteiger partial charge in [0.25, 0.3) is 0 Å². The molecule has 16 heavy (non-hydrogen) atoms. The first-order valence-electron chi connectivity index (χ1n) is 3.97. The smallest absolute Gasteiger partial charge is 0.211 e. The van der Waals surface area contributed by atoms with Gasteiger partial charge in [-0.2, -0.15) is 0 Å². The monoisotopic (exact) mass is 309 g/mol. The lowest BCUT2D eigenvalue weighted by atomic mass is 10.3. The Hall–Kier alpha value is -1.15. The van der Waals surface area contributed by atoms with Crippen molar-refractivity contribution >= 4 is 38.1 Å². The van der Waals surface area contributed by atoms with Crippen molar-refractivity contribution in [1.82, 2.24) is 10.2 Å². The van der Waals surface area contributed by atoms with Crippen molar-refractivity contribution in [1.29, 1.82) is 0 Å². The second-order valence-electron chi connectivity index (χ2n) is 2.73. The van der Waals surface area contributed by atoms with Gasteiger partial charge in [0.15, 0.2) is 15.6 Å². The van der Waals surface area contributed by atoms with Crippen molar-refractivity contribution in [3.05, 3.63) is 33.5 Å². The molecule has 0 saturated carbocycles. The molecule has 8 heteroatoms. The Labute approximate surface area is 100 Å². The highest BCUT2D eigenvalue weighted by Gasteiger charge is 2.13. The molecule has 3 nitrogen and oxygen atoms in total. The van der Waals surface area contributed by atoms with Crippen LogP contribution in [0.2, 0.25) is 0 Å². The SMILES string of the molecule is Fc1cc(F)c(Nc2nnc(Br)s2)c(F)c1. The summed E-state index contributed by atoms with van der Waals surface area (Å²) in [7, 11) is 0. The Kier molecular flexibility index (Phi) is 3.10. The molecule has 0 aliphatic rings. The third-order valence-electron chi connectivity index (χ3n) is 1.64. The highest BCUT2D eigenvalue weighted by atomic mass is 79.9. The largest absolute Gasteiger partial charge is 0.325 e. The van der Waals surface area contributed by atoms with E-state index in [2.05, 4.69) is 31.4 Å². The summed E-state index contributed by atoms with van der Waals surface area (Å²) >= 11 is 4.11. The van der Waals surface area contributed by atoms with E-state index < -0.39 is 23.1 Å². The molecule has 0 aliphatic carbocycles. The lowest BCUT2D eigenvalue weighted by molar-refractivity contribution is 0.549. The second kappa shape index (κ2) is 4.38. The average Bonchev–Trinajstić information content (AvgIpc) is 2.58. The lowest BCUT2D eigenvalue weighted by Crippen LogP contribution is -1.98. The fourth-order valence-electron chi connectivity index (χ4n) is 1.02. The van der Waals surface area contributed by atoms with Crippen LogP contribution in [0.25, 0.3) is 0 Å². The van der Waals surface area contributed by atoms with Crippen LogP contribution in [0.1, 0.15) is 0 Å². The summed E-state index contributed by atoms with van der Waals surface area (Å²) in [5, 5.41) is 9.78. The van der Waals surface area contributed by atoms with Gasteiger partial charge in [-0.15, -0.1) is 10.2 Å². The zero-order valence-corrected chi connectivity index (χ0v) is 9.87. The molecule has 0 atom stereocenters. The number of nitrogens with zero attached hydrogens (tertiary/aromatic N) is 2. The molecule has 1 aromatic carbocycles. The van der Waals surface area contributed by atoms with Crippen molar-refractivity contribution in [3.8, 4) is 0 Å². The molecular weight excluding hydrogens is 307 g/mol. The van der Waals surface area contributed by atoms with Crippen LogP contribution in [0, 0.1) is 17.5 Å². The van der Waals surface area contributed by atoms with Crippen molar-refractivity contribution in [2.24, 2.45) is 0 Å². The van der Waals surface area contributed by atoms with Crippen molar-refractivity contribution in [3.63, 3.8) is 0 Å². The molecular formula is C8H3BrF3N3S. The summed E-state index contributed by atoms with van der Waals surface area (Å²) in [5.41, 5.74) is -0.454. The molecule has 0 amide bonds. The molecule has 2 aromatic rings. The molecule has 84 valence electrons. The number of rotatable bonds is 2. The van der Waals surface area contributed by atoms with Gasteiger partial charge in [-0.25, -0.2) is 13.2 Å². The second-order valence-corrected chi connectivity index (χ2v) is 4.98. The van der Waals surface area contributed by atoms with Gasteiger partial charge in [0, 0.05) is 12.1 Å². The van der Waals surface area contributed by atoms with Gasteiger partial charge in [-0.05, 0) is 15.9 Å². The third kappa shape index (κ3) is 2.33. The van der Waals surface area contributed by atoms with Crippen LogP contribution in [-0.2, 0) is 0 Å². The van der Waals surface area contributed by atoms with E-state index in [0.717, 1.165) is 11.3 Å². The van der Waals surface area contributed by atoms with E-state index in [1.54, 1.807) is 0 Å². The molecule has 2 rings (SSSR count). The predicted molar refractivity (Wildman–Crippen MR) is 57.2 cm³/mol. The van der Waals surface area contributed by atoms with Gasteiger partial charge in [-0.1, -0.05) is 11.3 Å². The van der Waals surface area contributed by atoms with Crippen LogP contribution in [0.5, 0.6) is 0 Å². The molecule has 0 spiro atoms. The van der Waals surface area contributed by atoms with Crippen LogP contribution in [0.15, 0.2) is 16.0 Å². The third-order valence-corrected chi connectivity index (χ3v) is 2.91. The highest BCUT2D eigenvalue weighted by molar-refractivity contribution is 9.11. The average molecular weight is 310 g/mol. The van der Waals surface area contributed by atoms with E-state index in [9.17, 15) is 13.2 Å².